The van der Waals surface area contributed by atoms with Crippen LogP contribution in [-0.4, -0.2) is 23.0 Å². The predicted molar refractivity (Wildman–Crippen MR) is 33.3 cm³/mol. The zero-order valence-corrected chi connectivity index (χ0v) is 5.63. The molecule has 0 aliphatic carbocycles. The van der Waals surface area contributed by atoms with Gasteiger partial charge in [-0.25, -0.2) is 4.79 Å². The lowest BCUT2D eigenvalue weighted by atomic mass is 10.1. The molecule has 0 aromatic rings. The number of hydrogen-bond acceptors (Lipinski definition) is 2. The summed E-state index contributed by atoms with van der Waals surface area (Å²) in [6.07, 6.45) is 0.411. The fraction of sp³-hybridized carbons (Fsp3) is 0.667. The minimum atomic E-state index is -0.947. The van der Waals surface area contributed by atoms with E-state index in [4.69, 9.17) is 5.11 Å². The van der Waals surface area contributed by atoms with Crippen molar-refractivity contribution in [1.82, 2.24) is 5.32 Å². The second-order valence-electron chi connectivity index (χ2n) is 2.54. The molecular weight excluding hydrogens is 134 g/mol. The second-order valence-corrected chi connectivity index (χ2v) is 2.54. The van der Waals surface area contributed by atoms with Crippen molar-refractivity contribution < 1.29 is 14.7 Å². The number of carboxylic acids is 1. The van der Waals surface area contributed by atoms with E-state index in [0.717, 1.165) is 0 Å². The van der Waals surface area contributed by atoms with Crippen LogP contribution in [-0.2, 0) is 9.59 Å². The highest BCUT2D eigenvalue weighted by atomic mass is 16.4. The van der Waals surface area contributed by atoms with E-state index in [-0.39, 0.29) is 11.8 Å². The Labute approximate surface area is 58.2 Å². The van der Waals surface area contributed by atoms with Crippen molar-refractivity contribution in [3.05, 3.63) is 0 Å². The standard InChI is InChI=1S/C6H9NO3/c1-3-2-4(6(9)10)7-5(3)8/h3-4H,2H2,1H3,(H,7,8)(H,9,10)/t3-,4+/m1/s1. The Morgan fingerprint density at radius 2 is 2.40 bits per heavy atom. The molecular formula is C6H9NO3. The smallest absolute Gasteiger partial charge is 0.326 e. The van der Waals surface area contributed by atoms with Crippen molar-refractivity contribution in [2.75, 3.05) is 0 Å². The van der Waals surface area contributed by atoms with Gasteiger partial charge in [0.1, 0.15) is 6.04 Å². The molecule has 0 aromatic heterocycles. The zero-order valence-electron chi connectivity index (χ0n) is 5.63. The Bertz CT molecular complexity index is 178. The van der Waals surface area contributed by atoms with Gasteiger partial charge in [0.05, 0.1) is 0 Å². The quantitative estimate of drug-likeness (QED) is 0.524. The van der Waals surface area contributed by atoms with Crippen molar-refractivity contribution in [2.45, 2.75) is 19.4 Å². The summed E-state index contributed by atoms with van der Waals surface area (Å²) < 4.78 is 0. The highest BCUT2D eigenvalue weighted by molar-refractivity contribution is 5.88. The number of carbonyl (C=O) groups is 2. The number of hydrogen-bond donors (Lipinski definition) is 2. The second kappa shape index (κ2) is 2.28. The first-order valence-corrected chi connectivity index (χ1v) is 3.14. The zero-order chi connectivity index (χ0) is 7.72. The van der Waals surface area contributed by atoms with Gasteiger partial charge < -0.3 is 10.4 Å². The summed E-state index contributed by atoms with van der Waals surface area (Å²) in [4.78, 5) is 21.0. The number of carbonyl (C=O) groups excluding carboxylic acids is 1. The molecule has 1 aliphatic heterocycles. The van der Waals surface area contributed by atoms with Crippen molar-refractivity contribution in [3.63, 3.8) is 0 Å². The molecule has 0 radical (unpaired) electrons. The van der Waals surface area contributed by atoms with Crippen LogP contribution in [0.3, 0.4) is 0 Å². The van der Waals surface area contributed by atoms with E-state index in [9.17, 15) is 9.59 Å². The molecule has 0 spiro atoms. The van der Waals surface area contributed by atoms with Crippen molar-refractivity contribution >= 4 is 11.9 Å². The van der Waals surface area contributed by atoms with E-state index in [1.807, 2.05) is 0 Å². The van der Waals surface area contributed by atoms with E-state index in [2.05, 4.69) is 5.32 Å². The number of amides is 1. The maximum Gasteiger partial charge on any atom is 0.326 e. The summed E-state index contributed by atoms with van der Waals surface area (Å²) >= 11 is 0. The summed E-state index contributed by atoms with van der Waals surface area (Å²) in [7, 11) is 0. The van der Waals surface area contributed by atoms with Crippen LogP contribution in [0.4, 0.5) is 0 Å². The van der Waals surface area contributed by atoms with Crippen LogP contribution < -0.4 is 5.32 Å². The van der Waals surface area contributed by atoms with Gasteiger partial charge in [-0.3, -0.25) is 4.79 Å². The minimum absolute atomic E-state index is 0.152. The van der Waals surface area contributed by atoms with E-state index in [1.54, 1.807) is 6.92 Å². The van der Waals surface area contributed by atoms with Crippen LogP contribution in [0.1, 0.15) is 13.3 Å². The Balaban J connectivity index is 2.57. The first-order valence-electron chi connectivity index (χ1n) is 3.14. The first kappa shape index (κ1) is 7.05. The van der Waals surface area contributed by atoms with Crippen LogP contribution in [0.15, 0.2) is 0 Å². The van der Waals surface area contributed by atoms with Gasteiger partial charge in [-0.1, -0.05) is 6.92 Å². The van der Waals surface area contributed by atoms with Crippen LogP contribution in [0.2, 0.25) is 0 Å². The highest BCUT2D eigenvalue weighted by Crippen LogP contribution is 2.13. The van der Waals surface area contributed by atoms with Crippen LogP contribution in [0.25, 0.3) is 0 Å². The average Bonchev–Trinajstić information content (AvgIpc) is 2.13. The minimum Gasteiger partial charge on any atom is -0.480 e. The third-order valence-corrected chi connectivity index (χ3v) is 1.65. The topological polar surface area (TPSA) is 66.4 Å². The summed E-state index contributed by atoms with van der Waals surface area (Å²) in [5, 5.41) is 10.8. The van der Waals surface area contributed by atoms with E-state index < -0.39 is 12.0 Å². The molecule has 1 fully saturated rings. The third kappa shape index (κ3) is 1.10. The molecule has 1 saturated heterocycles. The number of rotatable bonds is 1. The molecule has 1 amide bonds. The largest absolute Gasteiger partial charge is 0.480 e. The number of nitrogens with one attached hydrogen (secondary N) is 1. The first-order chi connectivity index (χ1) is 4.61. The summed E-state index contributed by atoms with van der Waals surface area (Å²) in [5.41, 5.74) is 0. The Hall–Kier alpha value is -1.06. The van der Waals surface area contributed by atoms with Gasteiger partial charge in [0.25, 0.3) is 0 Å². The predicted octanol–water partition coefficient (Wildman–Crippen LogP) is -0.404. The normalized spacial score (nSPS) is 31.9. The Morgan fingerprint density at radius 3 is 2.60 bits per heavy atom. The SMILES string of the molecule is C[C@@H]1C[C@@H](C(=O)O)NC1=O. The van der Waals surface area contributed by atoms with E-state index in [1.165, 1.54) is 0 Å². The highest BCUT2D eigenvalue weighted by Gasteiger charge is 2.32. The maximum absolute atomic E-state index is 10.7. The van der Waals surface area contributed by atoms with Crippen LogP contribution in [0, 0.1) is 5.92 Å². The lowest BCUT2D eigenvalue weighted by molar-refractivity contribution is -0.140. The number of aliphatic carboxylic acids is 1. The average molecular weight is 143 g/mol. The van der Waals surface area contributed by atoms with Gasteiger partial charge in [0.2, 0.25) is 5.91 Å². The maximum atomic E-state index is 10.7. The lowest BCUT2D eigenvalue weighted by Gasteiger charge is -1.99. The Morgan fingerprint density at radius 1 is 1.80 bits per heavy atom. The molecule has 0 aromatic carbocycles. The Kier molecular flexibility index (Phi) is 1.61. The van der Waals surface area contributed by atoms with Crippen molar-refractivity contribution in [3.8, 4) is 0 Å². The molecule has 1 aliphatic rings. The molecule has 10 heavy (non-hydrogen) atoms. The fourth-order valence-electron chi connectivity index (χ4n) is 0.996. The molecule has 4 nitrogen and oxygen atoms in total. The van der Waals surface area contributed by atoms with Crippen LogP contribution >= 0.6 is 0 Å². The van der Waals surface area contributed by atoms with Crippen molar-refractivity contribution in [2.24, 2.45) is 5.92 Å². The van der Waals surface area contributed by atoms with Gasteiger partial charge in [-0.05, 0) is 6.42 Å². The lowest BCUT2D eigenvalue weighted by Crippen LogP contribution is -2.32. The molecule has 1 rings (SSSR count). The van der Waals surface area contributed by atoms with Gasteiger partial charge >= 0.3 is 5.97 Å². The van der Waals surface area contributed by atoms with Crippen molar-refractivity contribution in [1.29, 1.82) is 0 Å². The van der Waals surface area contributed by atoms with E-state index >= 15 is 0 Å². The van der Waals surface area contributed by atoms with Crippen LogP contribution in [0.5, 0.6) is 0 Å². The summed E-state index contributed by atoms with van der Waals surface area (Å²) in [5.74, 6) is -1.26. The third-order valence-electron chi connectivity index (χ3n) is 1.65. The molecule has 2 atom stereocenters. The summed E-state index contributed by atoms with van der Waals surface area (Å²) in [6.45, 7) is 1.72. The van der Waals surface area contributed by atoms with Gasteiger partial charge in [0.15, 0.2) is 0 Å². The molecule has 2 N–H and O–H groups in total. The monoisotopic (exact) mass is 143 g/mol. The summed E-state index contributed by atoms with van der Waals surface area (Å²) in [6, 6.07) is -0.664. The molecule has 0 saturated carbocycles. The molecule has 0 bridgehead atoms. The molecule has 56 valence electrons. The molecule has 4 heteroatoms. The van der Waals surface area contributed by atoms with Gasteiger partial charge in [-0.15, -0.1) is 0 Å². The van der Waals surface area contributed by atoms with Gasteiger partial charge in [-0.2, -0.15) is 0 Å². The van der Waals surface area contributed by atoms with E-state index in [0.29, 0.717) is 6.42 Å². The number of carboxylic acid groups (broad SMARTS) is 1. The molecule has 0 unspecified atom stereocenters. The fourth-order valence-corrected chi connectivity index (χ4v) is 0.996. The molecule has 1 heterocycles. The van der Waals surface area contributed by atoms with Gasteiger partial charge in [0, 0.05) is 5.92 Å².